The van der Waals surface area contributed by atoms with Crippen molar-refractivity contribution in [3.05, 3.63) is 65.4 Å². The van der Waals surface area contributed by atoms with Crippen LogP contribution < -0.4 is 5.73 Å². The fraction of sp³-hybridized carbons (Fsp3) is 0. The number of aromatic hydroxyl groups is 1. The molecule has 0 saturated carbocycles. The first-order valence-electron chi connectivity index (χ1n) is 6.37. The molecule has 5 N–H and O–H groups in total. The van der Waals surface area contributed by atoms with E-state index in [1.807, 2.05) is 24.3 Å². The zero-order chi connectivity index (χ0) is 15.0. The van der Waals surface area contributed by atoms with E-state index in [1.165, 1.54) is 12.1 Å². The number of benzene rings is 2. The Morgan fingerprint density at radius 3 is 2.43 bits per heavy atom. The molecular weight excluding hydrogens is 266 g/mol. The average molecular weight is 279 g/mol. The monoisotopic (exact) mass is 279 g/mol. The van der Waals surface area contributed by atoms with Crippen molar-refractivity contribution in [2.45, 2.75) is 0 Å². The van der Waals surface area contributed by atoms with E-state index in [9.17, 15) is 9.90 Å². The predicted molar refractivity (Wildman–Crippen MR) is 80.9 cm³/mol. The van der Waals surface area contributed by atoms with Crippen molar-refractivity contribution < 1.29 is 9.90 Å². The lowest BCUT2D eigenvalue weighted by Gasteiger charge is -2.05. The Bertz CT molecular complexity index is 848. The fourth-order valence-corrected chi connectivity index (χ4v) is 2.36. The van der Waals surface area contributed by atoms with Crippen LogP contribution in [-0.4, -0.2) is 21.7 Å². The molecule has 0 aliphatic carbocycles. The van der Waals surface area contributed by atoms with Gasteiger partial charge in [-0.15, -0.1) is 0 Å². The summed E-state index contributed by atoms with van der Waals surface area (Å²) in [6.07, 6.45) is 0. The predicted octanol–water partition coefficient (Wildman–Crippen LogP) is 2.39. The minimum absolute atomic E-state index is 0.126. The molecule has 1 heterocycles. The molecule has 2 aromatic carbocycles. The molecule has 5 nitrogen and oxygen atoms in total. The molecule has 0 unspecified atom stereocenters. The smallest absolute Gasteiger partial charge is 0.265 e. The van der Waals surface area contributed by atoms with Gasteiger partial charge in [-0.05, 0) is 30.3 Å². The number of hydrogen-bond donors (Lipinski definition) is 4. The Morgan fingerprint density at radius 1 is 1.10 bits per heavy atom. The summed E-state index contributed by atoms with van der Waals surface area (Å²) in [6, 6.07) is 13.6. The van der Waals surface area contributed by atoms with Gasteiger partial charge in [-0.2, -0.15) is 0 Å². The summed E-state index contributed by atoms with van der Waals surface area (Å²) in [4.78, 5) is 14.6. The third-order valence-corrected chi connectivity index (χ3v) is 3.36. The maximum atomic E-state index is 11.6. The van der Waals surface area contributed by atoms with E-state index in [0.717, 1.165) is 10.9 Å². The van der Waals surface area contributed by atoms with Crippen LogP contribution in [0.2, 0.25) is 0 Å². The minimum Gasteiger partial charge on any atom is -0.508 e. The molecule has 0 aliphatic heterocycles. The van der Waals surface area contributed by atoms with Gasteiger partial charge in [0.25, 0.3) is 5.91 Å². The number of para-hydroxylation sites is 1. The SMILES string of the molecule is N=C(c1ccc(O)cc1)c1c(C(N)=O)[nH]c2ccccc12. The summed E-state index contributed by atoms with van der Waals surface area (Å²) in [6.45, 7) is 0. The third kappa shape index (κ3) is 2.14. The van der Waals surface area contributed by atoms with Gasteiger partial charge in [0.05, 0.1) is 5.71 Å². The molecule has 0 radical (unpaired) electrons. The first-order valence-corrected chi connectivity index (χ1v) is 6.37. The number of phenols is 1. The second kappa shape index (κ2) is 4.79. The summed E-state index contributed by atoms with van der Waals surface area (Å²) >= 11 is 0. The molecule has 3 aromatic rings. The van der Waals surface area contributed by atoms with Crippen molar-refractivity contribution in [2.75, 3.05) is 0 Å². The molecular formula is C16H13N3O2. The normalized spacial score (nSPS) is 10.7. The average Bonchev–Trinajstić information content (AvgIpc) is 2.87. The van der Waals surface area contributed by atoms with Crippen LogP contribution >= 0.6 is 0 Å². The number of aromatic amines is 1. The van der Waals surface area contributed by atoms with Crippen LogP contribution in [0.3, 0.4) is 0 Å². The van der Waals surface area contributed by atoms with Gasteiger partial charge in [-0.25, -0.2) is 0 Å². The van der Waals surface area contributed by atoms with E-state index < -0.39 is 5.91 Å². The number of rotatable bonds is 3. The summed E-state index contributed by atoms with van der Waals surface area (Å²) < 4.78 is 0. The summed E-state index contributed by atoms with van der Waals surface area (Å²) in [7, 11) is 0. The summed E-state index contributed by atoms with van der Waals surface area (Å²) in [5, 5.41) is 18.5. The zero-order valence-electron chi connectivity index (χ0n) is 11.1. The maximum absolute atomic E-state index is 11.6. The molecule has 0 fully saturated rings. The number of phenolic OH excluding ortho intramolecular Hbond substituents is 1. The Labute approximate surface area is 120 Å². The highest BCUT2D eigenvalue weighted by Crippen LogP contribution is 2.25. The van der Waals surface area contributed by atoms with Crippen LogP contribution in [0, 0.1) is 5.41 Å². The molecule has 3 rings (SSSR count). The number of amides is 1. The maximum Gasteiger partial charge on any atom is 0.265 e. The van der Waals surface area contributed by atoms with Crippen molar-refractivity contribution >= 4 is 22.5 Å². The number of H-pyrrole nitrogens is 1. The lowest BCUT2D eigenvalue weighted by atomic mass is 9.99. The highest BCUT2D eigenvalue weighted by Gasteiger charge is 2.19. The number of nitrogens with two attached hydrogens (primary N) is 1. The third-order valence-electron chi connectivity index (χ3n) is 3.36. The molecule has 1 amide bonds. The van der Waals surface area contributed by atoms with Crippen molar-refractivity contribution in [1.82, 2.24) is 4.98 Å². The van der Waals surface area contributed by atoms with Gasteiger partial charge in [-0.1, -0.05) is 18.2 Å². The second-order valence-electron chi connectivity index (χ2n) is 4.71. The van der Waals surface area contributed by atoms with E-state index in [2.05, 4.69) is 4.98 Å². The van der Waals surface area contributed by atoms with Crippen LogP contribution in [0.5, 0.6) is 5.75 Å². The molecule has 21 heavy (non-hydrogen) atoms. The van der Waals surface area contributed by atoms with Crippen LogP contribution in [0.25, 0.3) is 10.9 Å². The zero-order valence-corrected chi connectivity index (χ0v) is 11.1. The van der Waals surface area contributed by atoms with E-state index >= 15 is 0 Å². The molecule has 104 valence electrons. The molecule has 0 bridgehead atoms. The number of carbonyl (C=O) groups excluding carboxylic acids is 1. The molecule has 0 aliphatic rings. The van der Waals surface area contributed by atoms with Crippen molar-refractivity contribution in [3.63, 3.8) is 0 Å². The Hall–Kier alpha value is -3.08. The number of hydrogen-bond acceptors (Lipinski definition) is 3. The van der Waals surface area contributed by atoms with Crippen LogP contribution in [0.4, 0.5) is 0 Å². The first kappa shape index (κ1) is 12.9. The van der Waals surface area contributed by atoms with E-state index in [1.54, 1.807) is 12.1 Å². The molecule has 0 atom stereocenters. The lowest BCUT2D eigenvalue weighted by molar-refractivity contribution is 0.0996. The van der Waals surface area contributed by atoms with Crippen molar-refractivity contribution in [2.24, 2.45) is 5.73 Å². The minimum atomic E-state index is -0.607. The van der Waals surface area contributed by atoms with Crippen molar-refractivity contribution in [3.8, 4) is 5.75 Å². The molecule has 0 spiro atoms. The van der Waals surface area contributed by atoms with Crippen molar-refractivity contribution in [1.29, 1.82) is 5.41 Å². The quantitative estimate of drug-likeness (QED) is 0.553. The number of carbonyl (C=O) groups is 1. The van der Waals surface area contributed by atoms with Crippen LogP contribution in [0.1, 0.15) is 21.6 Å². The van der Waals surface area contributed by atoms with Gasteiger partial charge in [-0.3, -0.25) is 10.2 Å². The highest BCUT2D eigenvalue weighted by molar-refractivity contribution is 6.22. The second-order valence-corrected chi connectivity index (χ2v) is 4.71. The van der Waals surface area contributed by atoms with Crippen LogP contribution in [0.15, 0.2) is 48.5 Å². The van der Waals surface area contributed by atoms with Gasteiger partial charge in [0.1, 0.15) is 11.4 Å². The largest absolute Gasteiger partial charge is 0.508 e. The van der Waals surface area contributed by atoms with Gasteiger partial charge in [0.15, 0.2) is 0 Å². The molecule has 1 aromatic heterocycles. The highest BCUT2D eigenvalue weighted by atomic mass is 16.3. The fourth-order valence-electron chi connectivity index (χ4n) is 2.36. The van der Waals surface area contributed by atoms with Gasteiger partial charge >= 0.3 is 0 Å². The Morgan fingerprint density at radius 2 is 1.76 bits per heavy atom. The number of nitrogens with one attached hydrogen (secondary N) is 2. The first-order chi connectivity index (χ1) is 10.1. The Balaban J connectivity index is 2.23. The number of fused-ring (bicyclic) bond motifs is 1. The van der Waals surface area contributed by atoms with E-state index in [0.29, 0.717) is 11.1 Å². The summed E-state index contributed by atoms with van der Waals surface area (Å²) in [5.41, 5.74) is 7.64. The standard InChI is InChI=1S/C16H13N3O2/c17-14(9-5-7-10(20)8-6-9)13-11-3-1-2-4-12(11)19-15(13)16(18)21/h1-8,17,19-20H,(H2,18,21). The van der Waals surface area contributed by atoms with Gasteiger partial charge in [0.2, 0.25) is 0 Å². The summed E-state index contributed by atoms with van der Waals surface area (Å²) in [5.74, 6) is -0.481. The van der Waals surface area contributed by atoms with Gasteiger partial charge < -0.3 is 15.8 Å². The topological polar surface area (TPSA) is 103 Å². The number of primary amides is 1. The van der Waals surface area contributed by atoms with Crippen LogP contribution in [-0.2, 0) is 0 Å². The molecule has 5 heteroatoms. The Kier molecular flexibility index (Phi) is 2.95. The molecule has 0 saturated heterocycles. The van der Waals surface area contributed by atoms with E-state index in [4.69, 9.17) is 11.1 Å². The van der Waals surface area contributed by atoms with Gasteiger partial charge in [0, 0.05) is 22.0 Å². The number of aromatic nitrogens is 1. The lowest BCUT2D eigenvalue weighted by Crippen LogP contribution is -2.16. The van der Waals surface area contributed by atoms with E-state index in [-0.39, 0.29) is 17.2 Å².